The van der Waals surface area contributed by atoms with Gasteiger partial charge in [-0.15, -0.1) is 0 Å². The summed E-state index contributed by atoms with van der Waals surface area (Å²) in [5.41, 5.74) is 1.58. The Bertz CT molecular complexity index is 812. The van der Waals surface area contributed by atoms with Crippen LogP contribution >= 0.6 is 0 Å². The topological polar surface area (TPSA) is 73.9 Å². The molecule has 1 aliphatic rings. The molecular formula is C18H19N5O. The van der Waals surface area contributed by atoms with Crippen LogP contribution in [0.2, 0.25) is 0 Å². The summed E-state index contributed by atoms with van der Waals surface area (Å²) >= 11 is 0. The summed E-state index contributed by atoms with van der Waals surface area (Å²) in [6.45, 7) is 1.65. The molecule has 1 atom stereocenters. The van der Waals surface area contributed by atoms with Gasteiger partial charge < -0.3 is 15.2 Å². The number of benzene rings is 1. The maximum absolute atomic E-state index is 12.5. The number of nitrogens with one attached hydrogen (secondary N) is 2. The zero-order valence-electron chi connectivity index (χ0n) is 13.3. The fourth-order valence-corrected chi connectivity index (χ4v) is 3.19. The number of hydrogen-bond acceptors (Lipinski definition) is 4. The summed E-state index contributed by atoms with van der Waals surface area (Å²) in [6.07, 6.45) is 5.47. The fourth-order valence-electron chi connectivity index (χ4n) is 3.19. The smallest absolute Gasteiger partial charge is 0.268 e. The van der Waals surface area contributed by atoms with Gasteiger partial charge in [-0.05, 0) is 31.0 Å². The molecule has 0 saturated carbocycles. The van der Waals surface area contributed by atoms with Crippen molar-refractivity contribution in [2.75, 3.05) is 18.0 Å². The van der Waals surface area contributed by atoms with Gasteiger partial charge in [0.2, 0.25) is 5.95 Å². The Morgan fingerprint density at radius 1 is 1.21 bits per heavy atom. The lowest BCUT2D eigenvalue weighted by atomic mass is 10.1. The first-order chi connectivity index (χ1) is 11.8. The Morgan fingerprint density at radius 3 is 2.88 bits per heavy atom. The highest BCUT2D eigenvalue weighted by Crippen LogP contribution is 2.17. The number of carbonyl (C=O) groups excluding carboxylic acids is 1. The summed E-state index contributed by atoms with van der Waals surface area (Å²) in [4.78, 5) is 26.4. The molecule has 24 heavy (non-hydrogen) atoms. The van der Waals surface area contributed by atoms with Crippen molar-refractivity contribution < 1.29 is 4.79 Å². The van der Waals surface area contributed by atoms with Crippen LogP contribution in [0.4, 0.5) is 5.95 Å². The molecule has 6 heteroatoms. The number of aromatic amines is 1. The summed E-state index contributed by atoms with van der Waals surface area (Å²) in [5, 5.41) is 4.18. The van der Waals surface area contributed by atoms with Crippen molar-refractivity contribution in [3.05, 3.63) is 54.5 Å². The minimum absolute atomic E-state index is 0.0629. The predicted molar refractivity (Wildman–Crippen MR) is 93.0 cm³/mol. The zero-order valence-corrected chi connectivity index (χ0v) is 13.3. The van der Waals surface area contributed by atoms with Crippen LogP contribution in [0, 0.1) is 0 Å². The first-order valence-corrected chi connectivity index (χ1v) is 8.20. The first kappa shape index (κ1) is 14.7. The van der Waals surface area contributed by atoms with Gasteiger partial charge in [0.1, 0.15) is 5.69 Å². The second-order valence-electron chi connectivity index (χ2n) is 6.08. The van der Waals surface area contributed by atoms with Crippen LogP contribution in [-0.2, 0) is 0 Å². The normalized spacial score (nSPS) is 17.8. The van der Waals surface area contributed by atoms with E-state index in [0.29, 0.717) is 5.69 Å². The van der Waals surface area contributed by atoms with E-state index in [9.17, 15) is 4.79 Å². The van der Waals surface area contributed by atoms with Gasteiger partial charge in [0.05, 0.1) is 0 Å². The number of para-hydroxylation sites is 1. The van der Waals surface area contributed by atoms with E-state index in [-0.39, 0.29) is 11.9 Å². The molecule has 1 saturated heterocycles. The number of anilines is 1. The van der Waals surface area contributed by atoms with Crippen molar-refractivity contribution >= 4 is 22.8 Å². The second-order valence-corrected chi connectivity index (χ2v) is 6.08. The molecule has 4 rings (SSSR count). The molecule has 122 valence electrons. The standard InChI is InChI=1S/C18H19N5O/c24-17(16-11-13-5-1-2-7-15(13)22-16)21-14-6-3-10-23(12-14)18-19-8-4-9-20-18/h1-2,4-5,7-9,11,14,22H,3,6,10,12H2,(H,21,24)/t14-/m0/s1. The molecule has 0 bridgehead atoms. The van der Waals surface area contributed by atoms with Crippen molar-refractivity contribution in [2.24, 2.45) is 0 Å². The van der Waals surface area contributed by atoms with Crippen LogP contribution in [0.3, 0.4) is 0 Å². The monoisotopic (exact) mass is 321 g/mol. The zero-order chi connectivity index (χ0) is 16.4. The lowest BCUT2D eigenvalue weighted by Gasteiger charge is -2.32. The van der Waals surface area contributed by atoms with E-state index < -0.39 is 0 Å². The largest absolute Gasteiger partial charge is 0.351 e. The van der Waals surface area contributed by atoms with Crippen molar-refractivity contribution in [1.29, 1.82) is 0 Å². The van der Waals surface area contributed by atoms with E-state index >= 15 is 0 Å². The quantitative estimate of drug-likeness (QED) is 0.776. The van der Waals surface area contributed by atoms with Crippen LogP contribution in [0.25, 0.3) is 10.9 Å². The minimum atomic E-state index is -0.0629. The van der Waals surface area contributed by atoms with Gasteiger partial charge in [0.15, 0.2) is 0 Å². The summed E-state index contributed by atoms with van der Waals surface area (Å²) in [7, 11) is 0. The fraction of sp³-hybridized carbons (Fsp3) is 0.278. The van der Waals surface area contributed by atoms with Gasteiger partial charge in [-0.2, -0.15) is 0 Å². The summed E-state index contributed by atoms with van der Waals surface area (Å²) < 4.78 is 0. The number of H-pyrrole nitrogens is 1. The maximum atomic E-state index is 12.5. The van der Waals surface area contributed by atoms with Crippen LogP contribution < -0.4 is 10.2 Å². The highest BCUT2D eigenvalue weighted by Gasteiger charge is 2.23. The molecule has 1 amide bonds. The van der Waals surface area contributed by atoms with Crippen molar-refractivity contribution in [1.82, 2.24) is 20.3 Å². The highest BCUT2D eigenvalue weighted by atomic mass is 16.1. The molecule has 2 N–H and O–H groups in total. The number of piperidine rings is 1. The van der Waals surface area contributed by atoms with Crippen LogP contribution in [0.5, 0.6) is 0 Å². The Balaban J connectivity index is 1.45. The number of carbonyl (C=O) groups is 1. The lowest BCUT2D eigenvalue weighted by Crippen LogP contribution is -2.48. The number of rotatable bonds is 3. The number of amides is 1. The average molecular weight is 321 g/mol. The van der Waals surface area contributed by atoms with E-state index in [1.807, 2.05) is 36.4 Å². The number of fused-ring (bicyclic) bond motifs is 1. The van der Waals surface area contributed by atoms with Gasteiger partial charge in [0, 0.05) is 42.4 Å². The van der Waals surface area contributed by atoms with Crippen molar-refractivity contribution in [3.8, 4) is 0 Å². The SMILES string of the molecule is O=C(N[C@H]1CCCN(c2ncccn2)C1)c1cc2ccccc2[nH]1. The molecule has 1 aliphatic heterocycles. The van der Waals surface area contributed by atoms with Crippen LogP contribution in [-0.4, -0.2) is 40.0 Å². The number of aromatic nitrogens is 3. The van der Waals surface area contributed by atoms with Gasteiger partial charge in [-0.25, -0.2) is 9.97 Å². The van der Waals surface area contributed by atoms with E-state index in [0.717, 1.165) is 42.8 Å². The molecule has 6 nitrogen and oxygen atoms in total. The van der Waals surface area contributed by atoms with Crippen LogP contribution in [0.1, 0.15) is 23.3 Å². The Kier molecular flexibility index (Phi) is 3.86. The molecule has 0 spiro atoms. The third kappa shape index (κ3) is 2.95. The molecule has 0 unspecified atom stereocenters. The van der Waals surface area contributed by atoms with E-state index in [1.165, 1.54) is 0 Å². The van der Waals surface area contributed by atoms with Gasteiger partial charge in [-0.3, -0.25) is 4.79 Å². The molecule has 3 aromatic rings. The lowest BCUT2D eigenvalue weighted by molar-refractivity contribution is 0.0929. The van der Waals surface area contributed by atoms with Gasteiger partial charge in [-0.1, -0.05) is 18.2 Å². The maximum Gasteiger partial charge on any atom is 0.268 e. The molecule has 2 aromatic heterocycles. The Hall–Kier alpha value is -2.89. The van der Waals surface area contributed by atoms with Gasteiger partial charge in [0.25, 0.3) is 5.91 Å². The average Bonchev–Trinajstić information content (AvgIpc) is 3.07. The Labute approximate surface area is 139 Å². The van der Waals surface area contributed by atoms with E-state index in [4.69, 9.17) is 0 Å². The third-order valence-electron chi connectivity index (χ3n) is 4.37. The second kappa shape index (κ2) is 6.31. The molecule has 1 fully saturated rings. The van der Waals surface area contributed by atoms with Crippen molar-refractivity contribution in [3.63, 3.8) is 0 Å². The number of hydrogen-bond donors (Lipinski definition) is 2. The Morgan fingerprint density at radius 2 is 2.04 bits per heavy atom. The molecule has 3 heterocycles. The van der Waals surface area contributed by atoms with E-state index in [1.54, 1.807) is 12.4 Å². The summed E-state index contributed by atoms with van der Waals surface area (Å²) in [6, 6.07) is 11.7. The summed E-state index contributed by atoms with van der Waals surface area (Å²) in [5.74, 6) is 0.661. The van der Waals surface area contributed by atoms with E-state index in [2.05, 4.69) is 25.2 Å². The third-order valence-corrected chi connectivity index (χ3v) is 4.37. The van der Waals surface area contributed by atoms with Crippen LogP contribution in [0.15, 0.2) is 48.8 Å². The molecule has 0 aliphatic carbocycles. The molecule has 1 aromatic carbocycles. The first-order valence-electron chi connectivity index (χ1n) is 8.20. The predicted octanol–water partition coefficient (Wildman–Crippen LogP) is 2.36. The van der Waals surface area contributed by atoms with Gasteiger partial charge >= 0.3 is 0 Å². The highest BCUT2D eigenvalue weighted by molar-refractivity contribution is 5.98. The molecule has 0 radical (unpaired) electrons. The minimum Gasteiger partial charge on any atom is -0.351 e. The van der Waals surface area contributed by atoms with Crippen molar-refractivity contribution in [2.45, 2.75) is 18.9 Å². The number of nitrogens with zero attached hydrogens (tertiary/aromatic N) is 3. The molecular weight excluding hydrogens is 302 g/mol.